The van der Waals surface area contributed by atoms with E-state index in [0.29, 0.717) is 17.9 Å². The van der Waals surface area contributed by atoms with E-state index in [4.69, 9.17) is 21.5 Å². The summed E-state index contributed by atoms with van der Waals surface area (Å²) in [7, 11) is 0. The van der Waals surface area contributed by atoms with Crippen LogP contribution in [-0.4, -0.2) is 23.0 Å². The third-order valence-electron chi connectivity index (χ3n) is 1.69. The number of benzene rings is 1. The van der Waals surface area contributed by atoms with E-state index in [1.807, 2.05) is 0 Å². The number of amides is 1. The van der Waals surface area contributed by atoms with Gasteiger partial charge in [-0.15, -0.1) is 0 Å². The highest BCUT2D eigenvalue weighted by Crippen LogP contribution is 2.15. The van der Waals surface area contributed by atoms with Gasteiger partial charge in [-0.25, -0.2) is 4.79 Å². The van der Waals surface area contributed by atoms with Crippen LogP contribution in [0.5, 0.6) is 5.75 Å². The van der Waals surface area contributed by atoms with Crippen LogP contribution in [0.1, 0.15) is 12.5 Å². The summed E-state index contributed by atoms with van der Waals surface area (Å²) in [6.45, 7) is 2.27. The van der Waals surface area contributed by atoms with E-state index < -0.39 is 6.09 Å². The van der Waals surface area contributed by atoms with Gasteiger partial charge in [-0.1, -0.05) is 28.9 Å². The van der Waals surface area contributed by atoms with Crippen molar-refractivity contribution in [1.82, 2.24) is 5.32 Å². The molecule has 0 saturated carbocycles. The van der Waals surface area contributed by atoms with Gasteiger partial charge in [0.25, 0.3) is 0 Å². The summed E-state index contributed by atoms with van der Waals surface area (Å²) >= 11 is 5.60. The zero-order valence-corrected chi connectivity index (χ0v) is 9.36. The summed E-state index contributed by atoms with van der Waals surface area (Å²) in [6.07, 6.45) is -0.545. The van der Waals surface area contributed by atoms with Gasteiger partial charge in [0.2, 0.25) is 0 Å². The number of ether oxygens (including phenoxy) is 1. The summed E-state index contributed by atoms with van der Waals surface area (Å²) in [5.41, 5.74) is 0.464. The number of nitrogens with one attached hydrogen (secondary N) is 1. The molecule has 0 fully saturated rings. The molecule has 16 heavy (non-hydrogen) atoms. The molecule has 86 valence electrons. The lowest BCUT2D eigenvalue weighted by Crippen LogP contribution is -2.26. The van der Waals surface area contributed by atoms with Crippen molar-refractivity contribution in [3.63, 3.8) is 0 Å². The predicted molar refractivity (Wildman–Crippen MR) is 60.3 cm³/mol. The summed E-state index contributed by atoms with van der Waals surface area (Å²) in [6, 6.07) is 6.36. The largest absolute Gasteiger partial charge is 0.412 e. The number of hydrogen-bond acceptors (Lipinski definition) is 4. The molecule has 6 heteroatoms. The number of halogens is 1. The fraction of sp³-hybridized carbons (Fsp3) is 0.200. The van der Waals surface area contributed by atoms with E-state index in [1.165, 1.54) is 6.07 Å². The van der Waals surface area contributed by atoms with Crippen molar-refractivity contribution >= 4 is 22.9 Å². The molecule has 5 nitrogen and oxygen atoms in total. The molecule has 1 aromatic rings. The van der Waals surface area contributed by atoms with Crippen LogP contribution in [0.3, 0.4) is 0 Å². The number of rotatable bonds is 3. The summed E-state index contributed by atoms with van der Waals surface area (Å²) in [5.74, 6) is 0.324. The van der Waals surface area contributed by atoms with Crippen LogP contribution >= 0.6 is 11.6 Å². The molecule has 0 unspecified atom stereocenters. The summed E-state index contributed by atoms with van der Waals surface area (Å²) < 4.78 is 4.94. The van der Waals surface area contributed by atoms with Crippen molar-refractivity contribution in [1.29, 1.82) is 0 Å². The van der Waals surface area contributed by atoms with Crippen LogP contribution < -0.4 is 10.1 Å². The average molecular weight is 243 g/mol. The molecule has 0 saturated heterocycles. The maximum Gasteiger partial charge on any atom is 0.412 e. The minimum absolute atomic E-state index is 0.0682. The van der Waals surface area contributed by atoms with Gasteiger partial charge in [-0.05, 0) is 19.1 Å². The lowest BCUT2D eigenvalue weighted by atomic mass is 10.2. The Labute approximate surface area is 97.7 Å². The molecule has 0 aliphatic heterocycles. The molecule has 0 bridgehead atoms. The van der Waals surface area contributed by atoms with Crippen molar-refractivity contribution in [2.45, 2.75) is 6.92 Å². The molecule has 1 rings (SSSR count). The molecule has 0 radical (unpaired) electrons. The van der Waals surface area contributed by atoms with Crippen LogP contribution in [0.2, 0.25) is 0 Å². The zero-order valence-electron chi connectivity index (χ0n) is 8.61. The van der Waals surface area contributed by atoms with E-state index in [0.717, 1.165) is 0 Å². The van der Waals surface area contributed by atoms with E-state index >= 15 is 0 Å². The molecule has 1 amide bonds. The molecule has 0 aliphatic carbocycles. The maximum absolute atomic E-state index is 11.1. The zero-order chi connectivity index (χ0) is 12.0. The Morgan fingerprint density at radius 2 is 2.38 bits per heavy atom. The Bertz CT molecular complexity index is 407. The normalized spacial score (nSPS) is 11.0. The highest BCUT2D eigenvalue weighted by Gasteiger charge is 2.05. The Kier molecular flexibility index (Phi) is 4.60. The Hall–Kier alpha value is -1.75. The van der Waals surface area contributed by atoms with E-state index in [-0.39, 0.29) is 5.17 Å². The van der Waals surface area contributed by atoms with Crippen molar-refractivity contribution in [3.8, 4) is 5.75 Å². The molecule has 1 aromatic carbocycles. The van der Waals surface area contributed by atoms with Gasteiger partial charge in [-0.2, -0.15) is 0 Å². The summed E-state index contributed by atoms with van der Waals surface area (Å²) in [4.78, 5) is 11.1. The standard InChI is InChI=1S/C10H11ClN2O3/c1-2-12-10(14)16-8-5-3-4-7(6-8)9(11)13-15/h3-6,15H,2H2,1H3,(H,12,14). The predicted octanol–water partition coefficient (Wildman–Crippen LogP) is 2.17. The van der Waals surface area contributed by atoms with Gasteiger partial charge in [0.15, 0.2) is 5.17 Å². The van der Waals surface area contributed by atoms with Gasteiger partial charge in [0.05, 0.1) is 0 Å². The van der Waals surface area contributed by atoms with Crippen LogP contribution in [0, 0.1) is 0 Å². The van der Waals surface area contributed by atoms with E-state index in [2.05, 4.69) is 10.5 Å². The van der Waals surface area contributed by atoms with Gasteiger partial charge >= 0.3 is 6.09 Å². The van der Waals surface area contributed by atoms with Gasteiger partial charge in [-0.3, -0.25) is 0 Å². The first-order valence-corrected chi connectivity index (χ1v) is 4.98. The van der Waals surface area contributed by atoms with Crippen molar-refractivity contribution < 1.29 is 14.7 Å². The Morgan fingerprint density at radius 3 is 3.00 bits per heavy atom. The SMILES string of the molecule is CCNC(=O)Oc1cccc(C(Cl)=NO)c1. The first kappa shape index (κ1) is 12.3. The topological polar surface area (TPSA) is 70.9 Å². The molecule has 0 atom stereocenters. The lowest BCUT2D eigenvalue weighted by molar-refractivity contribution is 0.201. The second-order valence-electron chi connectivity index (χ2n) is 2.84. The first-order chi connectivity index (χ1) is 7.67. The Balaban J connectivity index is 2.79. The monoisotopic (exact) mass is 242 g/mol. The second kappa shape index (κ2) is 5.97. The Morgan fingerprint density at radius 1 is 1.62 bits per heavy atom. The van der Waals surface area contributed by atoms with Crippen LogP contribution in [0.15, 0.2) is 29.4 Å². The molecule has 0 spiro atoms. The third-order valence-corrected chi connectivity index (χ3v) is 1.99. The number of carbonyl (C=O) groups excluding carboxylic acids is 1. The molecular weight excluding hydrogens is 232 g/mol. The quantitative estimate of drug-likeness (QED) is 0.485. The van der Waals surface area contributed by atoms with Crippen LogP contribution in [0.4, 0.5) is 4.79 Å². The highest BCUT2D eigenvalue weighted by molar-refractivity contribution is 6.69. The number of carbonyl (C=O) groups is 1. The number of nitrogens with zero attached hydrogens (tertiary/aromatic N) is 1. The van der Waals surface area contributed by atoms with Gasteiger partial charge in [0, 0.05) is 12.1 Å². The number of hydrogen-bond donors (Lipinski definition) is 2. The first-order valence-electron chi connectivity index (χ1n) is 4.61. The van der Waals surface area contributed by atoms with E-state index in [9.17, 15) is 4.79 Å². The average Bonchev–Trinajstić information content (AvgIpc) is 2.28. The number of oxime groups is 1. The van der Waals surface area contributed by atoms with Crippen molar-refractivity contribution in [2.75, 3.05) is 6.54 Å². The minimum Gasteiger partial charge on any atom is -0.410 e. The molecule has 2 N–H and O–H groups in total. The van der Waals surface area contributed by atoms with Crippen molar-refractivity contribution in [2.24, 2.45) is 5.16 Å². The fourth-order valence-electron chi connectivity index (χ4n) is 1.03. The fourth-order valence-corrected chi connectivity index (χ4v) is 1.15. The molecule has 0 heterocycles. The van der Waals surface area contributed by atoms with Crippen LogP contribution in [0.25, 0.3) is 0 Å². The molecule has 0 aromatic heterocycles. The lowest BCUT2D eigenvalue weighted by Gasteiger charge is -2.05. The smallest absolute Gasteiger partial charge is 0.410 e. The van der Waals surface area contributed by atoms with Gasteiger partial charge in [0.1, 0.15) is 5.75 Å². The highest BCUT2D eigenvalue weighted by atomic mass is 35.5. The second-order valence-corrected chi connectivity index (χ2v) is 3.20. The third kappa shape index (κ3) is 3.43. The summed E-state index contributed by atoms with van der Waals surface area (Å²) in [5, 5.41) is 13.7. The van der Waals surface area contributed by atoms with Gasteiger partial charge < -0.3 is 15.3 Å². The molecular formula is C10H11ClN2O3. The van der Waals surface area contributed by atoms with Crippen molar-refractivity contribution in [3.05, 3.63) is 29.8 Å². The molecule has 0 aliphatic rings. The maximum atomic E-state index is 11.1. The van der Waals surface area contributed by atoms with E-state index in [1.54, 1.807) is 25.1 Å². The minimum atomic E-state index is -0.545. The van der Waals surface area contributed by atoms with Crippen LogP contribution in [-0.2, 0) is 0 Å².